The lowest BCUT2D eigenvalue weighted by Gasteiger charge is -2.49. The first-order valence-corrected chi connectivity index (χ1v) is 7.52. The van der Waals surface area contributed by atoms with Crippen LogP contribution in [0.4, 0.5) is 0 Å². The monoisotopic (exact) mass is 240 g/mol. The molecule has 0 bridgehead atoms. The number of aliphatic hydroxyl groups excluding tert-OH is 1. The third-order valence-electron chi connectivity index (χ3n) is 5.57. The Labute approximate surface area is 105 Å². The molecule has 2 saturated carbocycles. The summed E-state index contributed by atoms with van der Waals surface area (Å²) in [5, 5.41) is 20.9. The van der Waals surface area contributed by atoms with E-state index in [1.165, 1.54) is 19.3 Å². The molecule has 0 aliphatic heterocycles. The van der Waals surface area contributed by atoms with Crippen molar-refractivity contribution in [3.63, 3.8) is 0 Å². The van der Waals surface area contributed by atoms with E-state index in [0.717, 1.165) is 32.1 Å². The SMILES string of the molecule is CCC(O)(CC)[C@@H]1CCCC2C1CCC[C@H]2O. The van der Waals surface area contributed by atoms with Gasteiger partial charge in [-0.1, -0.05) is 26.7 Å². The van der Waals surface area contributed by atoms with Gasteiger partial charge in [0, 0.05) is 0 Å². The van der Waals surface area contributed by atoms with Crippen LogP contribution in [-0.2, 0) is 0 Å². The van der Waals surface area contributed by atoms with Gasteiger partial charge in [-0.15, -0.1) is 0 Å². The molecule has 100 valence electrons. The van der Waals surface area contributed by atoms with Crippen LogP contribution >= 0.6 is 0 Å². The Morgan fingerprint density at radius 2 is 1.53 bits per heavy atom. The molecule has 0 aromatic carbocycles. The summed E-state index contributed by atoms with van der Waals surface area (Å²) < 4.78 is 0. The molecule has 2 unspecified atom stereocenters. The van der Waals surface area contributed by atoms with Gasteiger partial charge in [-0.3, -0.25) is 0 Å². The van der Waals surface area contributed by atoms with Crippen molar-refractivity contribution >= 4 is 0 Å². The quantitative estimate of drug-likeness (QED) is 0.795. The minimum atomic E-state index is -0.486. The average Bonchev–Trinajstić information content (AvgIpc) is 2.38. The summed E-state index contributed by atoms with van der Waals surface area (Å²) in [4.78, 5) is 0. The van der Waals surface area contributed by atoms with E-state index in [2.05, 4.69) is 13.8 Å². The van der Waals surface area contributed by atoms with E-state index in [4.69, 9.17) is 0 Å². The van der Waals surface area contributed by atoms with Gasteiger partial charge in [-0.2, -0.15) is 0 Å². The number of hydrogen-bond acceptors (Lipinski definition) is 2. The molecule has 2 rings (SSSR count). The Balaban J connectivity index is 2.16. The molecule has 2 N–H and O–H groups in total. The fraction of sp³-hybridized carbons (Fsp3) is 1.00. The molecule has 0 aromatic heterocycles. The van der Waals surface area contributed by atoms with Crippen molar-refractivity contribution in [2.45, 2.75) is 76.9 Å². The lowest BCUT2D eigenvalue weighted by Crippen LogP contribution is -2.49. The van der Waals surface area contributed by atoms with Crippen molar-refractivity contribution < 1.29 is 10.2 Å². The third kappa shape index (κ3) is 2.39. The molecule has 2 heteroatoms. The normalized spacial score (nSPS) is 38.8. The van der Waals surface area contributed by atoms with Crippen molar-refractivity contribution in [2.75, 3.05) is 0 Å². The first-order chi connectivity index (χ1) is 8.12. The van der Waals surface area contributed by atoms with E-state index in [1.807, 2.05) is 0 Å². The number of aliphatic hydroxyl groups is 2. The van der Waals surface area contributed by atoms with E-state index < -0.39 is 5.60 Å². The van der Waals surface area contributed by atoms with Crippen molar-refractivity contribution in [1.29, 1.82) is 0 Å². The van der Waals surface area contributed by atoms with E-state index in [-0.39, 0.29) is 6.10 Å². The summed E-state index contributed by atoms with van der Waals surface area (Å²) in [5.41, 5.74) is -0.486. The van der Waals surface area contributed by atoms with Gasteiger partial charge in [-0.25, -0.2) is 0 Å². The maximum absolute atomic E-state index is 10.8. The maximum atomic E-state index is 10.8. The summed E-state index contributed by atoms with van der Waals surface area (Å²) in [6.45, 7) is 4.21. The minimum Gasteiger partial charge on any atom is -0.393 e. The second kappa shape index (κ2) is 5.27. The average molecular weight is 240 g/mol. The molecule has 2 aliphatic carbocycles. The Morgan fingerprint density at radius 3 is 2.18 bits per heavy atom. The van der Waals surface area contributed by atoms with Crippen molar-refractivity contribution in [1.82, 2.24) is 0 Å². The molecule has 4 atom stereocenters. The van der Waals surface area contributed by atoms with Gasteiger partial charge in [0.25, 0.3) is 0 Å². The Morgan fingerprint density at radius 1 is 0.941 bits per heavy atom. The van der Waals surface area contributed by atoms with Gasteiger partial charge < -0.3 is 10.2 Å². The van der Waals surface area contributed by atoms with Gasteiger partial charge in [0.1, 0.15) is 0 Å². The smallest absolute Gasteiger partial charge is 0.0673 e. The molecule has 2 nitrogen and oxygen atoms in total. The number of fused-ring (bicyclic) bond motifs is 1. The van der Waals surface area contributed by atoms with Gasteiger partial charge >= 0.3 is 0 Å². The second-order valence-electron chi connectivity index (χ2n) is 6.17. The zero-order valence-electron chi connectivity index (χ0n) is 11.4. The zero-order valence-corrected chi connectivity index (χ0v) is 11.4. The highest BCUT2D eigenvalue weighted by molar-refractivity contribution is 4.97. The molecule has 0 heterocycles. The van der Waals surface area contributed by atoms with Crippen LogP contribution < -0.4 is 0 Å². The van der Waals surface area contributed by atoms with E-state index >= 15 is 0 Å². The molecule has 0 amide bonds. The van der Waals surface area contributed by atoms with E-state index in [1.54, 1.807) is 0 Å². The van der Waals surface area contributed by atoms with Crippen LogP contribution in [-0.4, -0.2) is 21.9 Å². The number of rotatable bonds is 3. The molecule has 0 saturated heterocycles. The van der Waals surface area contributed by atoms with Crippen LogP contribution in [0.5, 0.6) is 0 Å². The Kier molecular flexibility index (Phi) is 4.14. The van der Waals surface area contributed by atoms with Crippen LogP contribution in [0.3, 0.4) is 0 Å². The van der Waals surface area contributed by atoms with E-state index in [9.17, 15) is 10.2 Å². The summed E-state index contributed by atoms with van der Waals surface area (Å²) >= 11 is 0. The molecular formula is C15H28O2. The first kappa shape index (κ1) is 13.4. The fourth-order valence-electron chi connectivity index (χ4n) is 4.41. The maximum Gasteiger partial charge on any atom is 0.0673 e. The summed E-state index contributed by atoms with van der Waals surface area (Å²) in [6.07, 6.45) is 8.46. The molecular weight excluding hydrogens is 212 g/mol. The van der Waals surface area contributed by atoms with Crippen LogP contribution in [0.1, 0.15) is 65.2 Å². The van der Waals surface area contributed by atoms with E-state index in [0.29, 0.717) is 17.8 Å². The van der Waals surface area contributed by atoms with Gasteiger partial charge in [-0.05, 0) is 56.3 Å². The highest BCUT2D eigenvalue weighted by atomic mass is 16.3. The van der Waals surface area contributed by atoms with Crippen molar-refractivity contribution in [3.05, 3.63) is 0 Å². The van der Waals surface area contributed by atoms with Crippen molar-refractivity contribution in [2.24, 2.45) is 17.8 Å². The first-order valence-electron chi connectivity index (χ1n) is 7.52. The molecule has 17 heavy (non-hydrogen) atoms. The fourth-order valence-corrected chi connectivity index (χ4v) is 4.41. The van der Waals surface area contributed by atoms with Crippen LogP contribution in [0, 0.1) is 17.8 Å². The van der Waals surface area contributed by atoms with Crippen molar-refractivity contribution in [3.8, 4) is 0 Å². The molecule has 0 spiro atoms. The van der Waals surface area contributed by atoms with Crippen LogP contribution in [0.2, 0.25) is 0 Å². The second-order valence-corrected chi connectivity index (χ2v) is 6.17. The third-order valence-corrected chi connectivity index (χ3v) is 5.57. The van der Waals surface area contributed by atoms with Gasteiger partial charge in [0.15, 0.2) is 0 Å². The Bertz CT molecular complexity index is 247. The van der Waals surface area contributed by atoms with Crippen LogP contribution in [0.25, 0.3) is 0 Å². The highest BCUT2D eigenvalue weighted by Crippen LogP contribution is 2.49. The molecule has 2 fully saturated rings. The van der Waals surface area contributed by atoms with Crippen LogP contribution in [0.15, 0.2) is 0 Å². The summed E-state index contributed by atoms with van der Waals surface area (Å²) in [5.74, 6) is 1.45. The summed E-state index contributed by atoms with van der Waals surface area (Å²) in [6, 6.07) is 0. The predicted molar refractivity (Wildman–Crippen MR) is 69.7 cm³/mol. The zero-order chi connectivity index (χ0) is 12.5. The standard InChI is InChI=1S/C15H28O2/c1-3-15(17,4-2)13-9-5-8-12-11(13)7-6-10-14(12)16/h11-14,16-17H,3-10H2,1-2H3/t11?,12?,13-,14-/m1/s1. The lowest BCUT2D eigenvalue weighted by molar-refractivity contribution is -0.108. The molecule has 0 radical (unpaired) electrons. The summed E-state index contributed by atoms with van der Waals surface area (Å²) in [7, 11) is 0. The Hall–Kier alpha value is -0.0800. The number of hydrogen-bond donors (Lipinski definition) is 2. The minimum absolute atomic E-state index is 0.102. The highest BCUT2D eigenvalue weighted by Gasteiger charge is 2.46. The lowest BCUT2D eigenvalue weighted by atomic mass is 9.59. The van der Waals surface area contributed by atoms with Gasteiger partial charge in [0.05, 0.1) is 11.7 Å². The van der Waals surface area contributed by atoms with Gasteiger partial charge in [0.2, 0.25) is 0 Å². The topological polar surface area (TPSA) is 40.5 Å². The predicted octanol–water partition coefficient (Wildman–Crippen LogP) is 3.11. The molecule has 2 aliphatic rings. The largest absolute Gasteiger partial charge is 0.393 e. The molecule has 0 aromatic rings.